The van der Waals surface area contributed by atoms with Crippen LogP contribution in [0.25, 0.3) is 22.4 Å². The molecule has 4 rings (SSSR count). The van der Waals surface area contributed by atoms with Gasteiger partial charge in [0.25, 0.3) is 0 Å². The summed E-state index contributed by atoms with van der Waals surface area (Å²) in [6, 6.07) is 13.3. The SMILES string of the molecule is FC(F)(F)c1cccnc1-c1ccc2c(Nc3ccc(CI)cc3)cnnc2n1. The van der Waals surface area contributed by atoms with Crippen molar-refractivity contribution < 1.29 is 13.2 Å². The lowest BCUT2D eigenvalue weighted by Crippen LogP contribution is -2.09. The molecule has 9 heteroatoms. The van der Waals surface area contributed by atoms with Crippen LogP contribution in [-0.4, -0.2) is 20.2 Å². The molecule has 3 heterocycles. The van der Waals surface area contributed by atoms with Gasteiger partial charge in [0.2, 0.25) is 0 Å². The van der Waals surface area contributed by atoms with Crippen LogP contribution in [0.15, 0.2) is 60.9 Å². The Morgan fingerprint density at radius 1 is 1.00 bits per heavy atom. The first-order chi connectivity index (χ1) is 14.0. The minimum absolute atomic E-state index is 0.0864. The highest BCUT2D eigenvalue weighted by atomic mass is 127. The Balaban J connectivity index is 1.73. The minimum Gasteiger partial charge on any atom is -0.354 e. The van der Waals surface area contributed by atoms with Crippen molar-refractivity contribution >= 4 is 45.0 Å². The van der Waals surface area contributed by atoms with Gasteiger partial charge in [0.05, 0.1) is 23.1 Å². The third-order valence-corrected chi connectivity index (χ3v) is 5.13. The molecule has 0 atom stereocenters. The normalized spacial score (nSPS) is 11.6. The number of benzene rings is 1. The zero-order chi connectivity index (χ0) is 20.4. The van der Waals surface area contributed by atoms with Gasteiger partial charge in [-0.25, -0.2) is 4.98 Å². The summed E-state index contributed by atoms with van der Waals surface area (Å²) in [5.41, 5.74) is 1.96. The molecule has 146 valence electrons. The molecule has 29 heavy (non-hydrogen) atoms. The summed E-state index contributed by atoms with van der Waals surface area (Å²) < 4.78 is 40.8. The molecule has 0 bridgehead atoms. The van der Waals surface area contributed by atoms with Crippen LogP contribution in [0, 0.1) is 0 Å². The fourth-order valence-corrected chi connectivity index (χ4v) is 3.36. The van der Waals surface area contributed by atoms with Crippen molar-refractivity contribution in [2.45, 2.75) is 10.6 Å². The molecule has 5 nitrogen and oxygen atoms in total. The number of hydrogen-bond acceptors (Lipinski definition) is 5. The molecule has 4 aromatic rings. The number of nitrogens with zero attached hydrogens (tertiary/aromatic N) is 4. The summed E-state index contributed by atoms with van der Waals surface area (Å²) in [7, 11) is 0. The number of halogens is 4. The average molecular weight is 507 g/mol. The number of hydrogen-bond donors (Lipinski definition) is 1. The van der Waals surface area contributed by atoms with Gasteiger partial charge in [-0.2, -0.15) is 18.3 Å². The van der Waals surface area contributed by atoms with Gasteiger partial charge in [-0.1, -0.05) is 34.7 Å². The second-order valence-electron chi connectivity index (χ2n) is 6.18. The molecule has 3 aromatic heterocycles. The number of aromatic nitrogens is 4. The Morgan fingerprint density at radius 2 is 1.79 bits per heavy atom. The first-order valence-corrected chi connectivity index (χ1v) is 10.1. The van der Waals surface area contributed by atoms with Gasteiger partial charge in [-0.3, -0.25) is 4.98 Å². The maximum Gasteiger partial charge on any atom is 0.418 e. The molecule has 0 saturated carbocycles. The van der Waals surface area contributed by atoms with Crippen LogP contribution in [0.1, 0.15) is 11.1 Å². The molecule has 0 spiro atoms. The molecular weight excluding hydrogens is 494 g/mol. The van der Waals surface area contributed by atoms with Gasteiger partial charge < -0.3 is 5.32 Å². The van der Waals surface area contributed by atoms with Crippen LogP contribution in [0.4, 0.5) is 24.5 Å². The predicted octanol–water partition coefficient (Wildman–Crippen LogP) is 5.78. The van der Waals surface area contributed by atoms with Gasteiger partial charge in [0.1, 0.15) is 5.69 Å². The molecule has 0 aliphatic heterocycles. The van der Waals surface area contributed by atoms with E-state index in [4.69, 9.17) is 0 Å². The lowest BCUT2D eigenvalue weighted by molar-refractivity contribution is -0.137. The van der Waals surface area contributed by atoms with Crippen molar-refractivity contribution in [3.63, 3.8) is 0 Å². The Hall–Kier alpha value is -2.82. The van der Waals surface area contributed by atoms with E-state index < -0.39 is 11.7 Å². The van der Waals surface area contributed by atoms with Crippen molar-refractivity contribution in [1.82, 2.24) is 20.2 Å². The van der Waals surface area contributed by atoms with Crippen molar-refractivity contribution in [2.75, 3.05) is 5.32 Å². The summed E-state index contributed by atoms with van der Waals surface area (Å²) in [5.74, 6) is 0. The third-order valence-electron chi connectivity index (χ3n) is 4.25. The topological polar surface area (TPSA) is 63.6 Å². The lowest BCUT2D eigenvalue weighted by Gasteiger charge is -2.12. The molecule has 1 aromatic carbocycles. The highest BCUT2D eigenvalue weighted by Crippen LogP contribution is 2.35. The standard InChI is InChI=1S/C20H13F3IN5/c21-20(22,23)15-2-1-9-25-18(15)16-8-7-14-17(11-26-29-19(14)28-16)27-13-5-3-12(10-24)4-6-13/h1-9,11H,10H2,(H,27,28,29). The zero-order valence-corrected chi connectivity index (χ0v) is 16.9. The monoisotopic (exact) mass is 507 g/mol. The largest absolute Gasteiger partial charge is 0.418 e. The summed E-state index contributed by atoms with van der Waals surface area (Å²) in [6.07, 6.45) is -1.67. The Kier molecular flexibility index (Phi) is 5.31. The lowest BCUT2D eigenvalue weighted by atomic mass is 10.1. The van der Waals surface area contributed by atoms with E-state index in [1.165, 1.54) is 23.9 Å². The van der Waals surface area contributed by atoms with Crippen molar-refractivity contribution in [2.24, 2.45) is 0 Å². The van der Waals surface area contributed by atoms with E-state index >= 15 is 0 Å². The quantitative estimate of drug-likeness (QED) is 0.280. The Morgan fingerprint density at radius 3 is 2.52 bits per heavy atom. The van der Waals surface area contributed by atoms with Crippen molar-refractivity contribution in [3.8, 4) is 11.4 Å². The summed E-state index contributed by atoms with van der Waals surface area (Å²) in [5, 5.41) is 11.8. The number of anilines is 2. The first kappa shape index (κ1) is 19.5. The molecule has 0 unspecified atom stereocenters. The smallest absolute Gasteiger partial charge is 0.354 e. The number of alkyl halides is 4. The summed E-state index contributed by atoms with van der Waals surface area (Å²) in [4.78, 5) is 8.15. The molecule has 0 aliphatic rings. The van der Waals surface area contributed by atoms with Crippen LogP contribution < -0.4 is 5.32 Å². The van der Waals surface area contributed by atoms with Crippen molar-refractivity contribution in [1.29, 1.82) is 0 Å². The number of rotatable bonds is 4. The van der Waals surface area contributed by atoms with Crippen LogP contribution in [0.2, 0.25) is 0 Å². The van der Waals surface area contributed by atoms with Gasteiger partial charge in [-0.05, 0) is 42.0 Å². The van der Waals surface area contributed by atoms with Gasteiger partial charge in [0, 0.05) is 21.7 Å². The van der Waals surface area contributed by atoms with E-state index in [1.807, 2.05) is 24.3 Å². The molecule has 0 amide bonds. The van der Waals surface area contributed by atoms with Crippen LogP contribution in [0.5, 0.6) is 0 Å². The maximum atomic E-state index is 13.3. The van der Waals surface area contributed by atoms with E-state index in [9.17, 15) is 13.2 Å². The van der Waals surface area contributed by atoms with Crippen LogP contribution in [-0.2, 0) is 10.6 Å². The predicted molar refractivity (Wildman–Crippen MR) is 113 cm³/mol. The number of fused-ring (bicyclic) bond motifs is 1. The average Bonchev–Trinajstić information content (AvgIpc) is 2.73. The highest BCUT2D eigenvalue weighted by Gasteiger charge is 2.34. The number of pyridine rings is 2. The molecule has 0 fully saturated rings. The minimum atomic E-state index is -4.53. The summed E-state index contributed by atoms with van der Waals surface area (Å²) >= 11 is 2.29. The Labute approximate surface area is 177 Å². The maximum absolute atomic E-state index is 13.3. The first-order valence-electron chi connectivity index (χ1n) is 8.52. The van der Waals surface area contributed by atoms with Gasteiger partial charge in [0.15, 0.2) is 5.65 Å². The molecule has 0 radical (unpaired) electrons. The highest BCUT2D eigenvalue weighted by molar-refractivity contribution is 14.1. The zero-order valence-electron chi connectivity index (χ0n) is 14.8. The van der Waals surface area contributed by atoms with E-state index in [2.05, 4.69) is 48.1 Å². The second kappa shape index (κ2) is 7.90. The van der Waals surface area contributed by atoms with Gasteiger partial charge >= 0.3 is 6.18 Å². The molecular formula is C20H13F3IN5. The number of nitrogens with one attached hydrogen (secondary N) is 1. The second-order valence-corrected chi connectivity index (χ2v) is 6.94. The van der Waals surface area contributed by atoms with Crippen LogP contribution in [0.3, 0.4) is 0 Å². The molecule has 1 N–H and O–H groups in total. The fourth-order valence-electron chi connectivity index (χ4n) is 2.85. The fraction of sp³-hybridized carbons (Fsp3) is 0.100. The third kappa shape index (κ3) is 4.14. The van der Waals surface area contributed by atoms with Crippen LogP contribution >= 0.6 is 22.6 Å². The van der Waals surface area contributed by atoms with E-state index in [0.717, 1.165) is 16.2 Å². The van der Waals surface area contributed by atoms with E-state index in [-0.39, 0.29) is 17.0 Å². The Bertz CT molecular complexity index is 1160. The van der Waals surface area contributed by atoms with E-state index in [0.29, 0.717) is 11.1 Å². The van der Waals surface area contributed by atoms with Gasteiger partial charge in [-0.15, -0.1) is 5.10 Å². The van der Waals surface area contributed by atoms with E-state index in [1.54, 1.807) is 12.3 Å². The molecule has 0 aliphatic carbocycles. The van der Waals surface area contributed by atoms with Crippen molar-refractivity contribution in [3.05, 3.63) is 72.1 Å². The summed E-state index contributed by atoms with van der Waals surface area (Å²) in [6.45, 7) is 0. The molecule has 0 saturated heterocycles.